The Morgan fingerprint density at radius 3 is 3.07 bits per heavy atom. The van der Waals surface area contributed by atoms with E-state index in [1.165, 1.54) is 0 Å². The van der Waals surface area contributed by atoms with Gasteiger partial charge < -0.3 is 15.8 Å². The van der Waals surface area contributed by atoms with E-state index in [9.17, 15) is 5.11 Å². The number of fused-ring (bicyclic) bond motifs is 1. The van der Waals surface area contributed by atoms with E-state index < -0.39 is 6.10 Å². The Kier molecular flexibility index (Phi) is 2.23. The lowest BCUT2D eigenvalue weighted by atomic mass is 10.1. The third-order valence-electron chi connectivity index (χ3n) is 2.33. The summed E-state index contributed by atoms with van der Waals surface area (Å²) >= 11 is 0. The van der Waals surface area contributed by atoms with Gasteiger partial charge in [0, 0.05) is 17.8 Å². The second-order valence-electron chi connectivity index (χ2n) is 3.45. The minimum absolute atomic E-state index is 0.373. The zero-order valence-electron chi connectivity index (χ0n) is 7.94. The van der Waals surface area contributed by atoms with E-state index >= 15 is 0 Å². The molecule has 0 aliphatic carbocycles. The molecule has 0 aromatic carbocycles. The smallest absolute Gasteiger partial charge is 0.137 e. The van der Waals surface area contributed by atoms with Gasteiger partial charge in [0.15, 0.2) is 0 Å². The number of H-pyrrole nitrogens is 1. The monoisotopic (exact) mass is 191 g/mol. The molecule has 0 saturated heterocycles. The fourth-order valence-electron chi connectivity index (χ4n) is 1.42. The number of aromatic amines is 1. The summed E-state index contributed by atoms with van der Waals surface area (Å²) in [5.74, 6) is 0. The number of hydrogen-bond donors (Lipinski definition) is 3. The summed E-state index contributed by atoms with van der Waals surface area (Å²) in [5, 5.41) is 10.3. The third-order valence-corrected chi connectivity index (χ3v) is 2.33. The van der Waals surface area contributed by atoms with E-state index in [2.05, 4.69) is 9.97 Å². The number of aliphatic hydroxyl groups excluding tert-OH is 1. The van der Waals surface area contributed by atoms with Crippen LogP contribution in [-0.2, 0) is 0 Å². The molecule has 0 bridgehead atoms. The van der Waals surface area contributed by atoms with Crippen LogP contribution in [0.2, 0.25) is 0 Å². The minimum atomic E-state index is -0.562. The molecule has 0 fully saturated rings. The number of nitrogens with zero attached hydrogens (tertiary/aromatic N) is 1. The molecule has 2 aromatic heterocycles. The minimum Gasteiger partial charge on any atom is -0.391 e. The predicted octanol–water partition coefficient (Wildman–Crippen LogP) is 0.944. The van der Waals surface area contributed by atoms with Gasteiger partial charge in [0.05, 0.1) is 12.1 Å². The quantitative estimate of drug-likeness (QED) is 0.661. The molecular weight excluding hydrogens is 178 g/mol. The molecule has 0 spiro atoms. The molecule has 2 heterocycles. The van der Waals surface area contributed by atoms with Gasteiger partial charge in [-0.2, -0.15) is 0 Å². The van der Waals surface area contributed by atoms with Gasteiger partial charge in [-0.15, -0.1) is 0 Å². The van der Waals surface area contributed by atoms with Crippen molar-refractivity contribution >= 4 is 11.0 Å². The predicted molar refractivity (Wildman–Crippen MR) is 54.7 cm³/mol. The average molecular weight is 191 g/mol. The summed E-state index contributed by atoms with van der Waals surface area (Å²) in [4.78, 5) is 7.20. The summed E-state index contributed by atoms with van der Waals surface area (Å²) in [6.45, 7) is 1.67. The summed E-state index contributed by atoms with van der Waals surface area (Å²) in [6, 6.07) is 3.50. The fraction of sp³-hybridized carbons (Fsp3) is 0.300. The van der Waals surface area contributed by atoms with E-state index in [1.807, 2.05) is 18.3 Å². The van der Waals surface area contributed by atoms with Crippen LogP contribution < -0.4 is 5.73 Å². The number of nitrogens with two attached hydrogens (primary N) is 1. The Labute approximate surface area is 81.8 Å². The normalized spacial score (nSPS) is 15.6. The van der Waals surface area contributed by atoms with Gasteiger partial charge in [0.2, 0.25) is 0 Å². The maximum absolute atomic E-state index is 9.34. The van der Waals surface area contributed by atoms with Gasteiger partial charge in [-0.25, -0.2) is 4.98 Å². The first-order valence-electron chi connectivity index (χ1n) is 4.55. The molecule has 0 amide bonds. The molecule has 14 heavy (non-hydrogen) atoms. The Morgan fingerprint density at radius 1 is 1.57 bits per heavy atom. The fourth-order valence-corrected chi connectivity index (χ4v) is 1.42. The molecule has 0 radical (unpaired) electrons. The van der Waals surface area contributed by atoms with E-state index in [1.54, 1.807) is 13.1 Å². The largest absolute Gasteiger partial charge is 0.391 e. The van der Waals surface area contributed by atoms with Gasteiger partial charge in [-0.1, -0.05) is 0 Å². The van der Waals surface area contributed by atoms with Crippen LogP contribution in [0.1, 0.15) is 18.5 Å². The summed E-state index contributed by atoms with van der Waals surface area (Å²) in [6.07, 6.45) is 2.96. The number of rotatable bonds is 2. The van der Waals surface area contributed by atoms with Crippen molar-refractivity contribution in [3.63, 3.8) is 0 Å². The standard InChI is InChI=1S/C10H13N3O/c1-6(14)9(11)8-4-7-2-3-12-10(7)13-5-8/h2-6,9,14H,11H2,1H3,(H,12,13). The molecule has 0 aliphatic rings. The van der Waals surface area contributed by atoms with Gasteiger partial charge in [0.25, 0.3) is 0 Å². The van der Waals surface area contributed by atoms with Crippen LogP contribution in [0.15, 0.2) is 24.5 Å². The zero-order valence-corrected chi connectivity index (χ0v) is 7.94. The maximum atomic E-state index is 9.34. The highest BCUT2D eigenvalue weighted by Gasteiger charge is 2.12. The summed E-state index contributed by atoms with van der Waals surface area (Å²) in [7, 11) is 0. The van der Waals surface area contributed by atoms with Crippen LogP contribution in [-0.4, -0.2) is 21.2 Å². The van der Waals surface area contributed by atoms with Crippen molar-refractivity contribution in [2.24, 2.45) is 5.73 Å². The van der Waals surface area contributed by atoms with Crippen molar-refractivity contribution in [1.82, 2.24) is 9.97 Å². The van der Waals surface area contributed by atoms with Crippen molar-refractivity contribution in [3.05, 3.63) is 30.1 Å². The Morgan fingerprint density at radius 2 is 2.36 bits per heavy atom. The zero-order chi connectivity index (χ0) is 10.1. The highest BCUT2D eigenvalue weighted by atomic mass is 16.3. The van der Waals surface area contributed by atoms with Crippen LogP contribution in [0.25, 0.3) is 11.0 Å². The van der Waals surface area contributed by atoms with E-state index in [0.717, 1.165) is 16.6 Å². The van der Waals surface area contributed by atoms with Gasteiger partial charge >= 0.3 is 0 Å². The SMILES string of the molecule is CC(O)C(N)c1cnc2[nH]ccc2c1. The average Bonchev–Trinajstić information content (AvgIpc) is 2.62. The molecule has 2 unspecified atom stereocenters. The van der Waals surface area contributed by atoms with Crippen molar-refractivity contribution in [2.45, 2.75) is 19.1 Å². The van der Waals surface area contributed by atoms with E-state index in [-0.39, 0.29) is 6.04 Å². The molecule has 4 heteroatoms. The van der Waals surface area contributed by atoms with Gasteiger partial charge in [-0.05, 0) is 24.6 Å². The first-order chi connectivity index (χ1) is 6.68. The van der Waals surface area contributed by atoms with Crippen molar-refractivity contribution < 1.29 is 5.11 Å². The Hall–Kier alpha value is -1.39. The molecular formula is C10H13N3O. The molecule has 0 aliphatic heterocycles. The first-order valence-corrected chi connectivity index (χ1v) is 4.55. The first kappa shape index (κ1) is 9.18. The van der Waals surface area contributed by atoms with E-state index in [4.69, 9.17) is 5.73 Å². The van der Waals surface area contributed by atoms with Crippen molar-refractivity contribution in [2.75, 3.05) is 0 Å². The second-order valence-corrected chi connectivity index (χ2v) is 3.45. The van der Waals surface area contributed by atoms with Crippen LogP contribution >= 0.6 is 0 Å². The van der Waals surface area contributed by atoms with Crippen LogP contribution in [0.4, 0.5) is 0 Å². The molecule has 4 nitrogen and oxygen atoms in total. The molecule has 4 N–H and O–H groups in total. The number of aliphatic hydroxyl groups is 1. The third kappa shape index (κ3) is 1.49. The molecule has 2 aromatic rings. The molecule has 2 rings (SSSR count). The second kappa shape index (κ2) is 3.40. The summed E-state index contributed by atoms with van der Waals surface area (Å²) < 4.78 is 0. The Bertz CT molecular complexity index is 436. The number of pyridine rings is 1. The summed E-state index contributed by atoms with van der Waals surface area (Å²) in [5.41, 5.74) is 7.49. The van der Waals surface area contributed by atoms with Crippen LogP contribution in [0.5, 0.6) is 0 Å². The molecule has 2 atom stereocenters. The maximum Gasteiger partial charge on any atom is 0.137 e. The molecule has 74 valence electrons. The number of nitrogens with one attached hydrogen (secondary N) is 1. The highest BCUT2D eigenvalue weighted by Crippen LogP contribution is 2.17. The lowest BCUT2D eigenvalue weighted by Crippen LogP contribution is -2.23. The van der Waals surface area contributed by atoms with E-state index in [0.29, 0.717) is 0 Å². The highest BCUT2D eigenvalue weighted by molar-refractivity contribution is 5.75. The van der Waals surface area contributed by atoms with Crippen molar-refractivity contribution in [1.29, 1.82) is 0 Å². The lowest BCUT2D eigenvalue weighted by Gasteiger charge is -2.14. The van der Waals surface area contributed by atoms with Gasteiger partial charge in [-0.3, -0.25) is 0 Å². The van der Waals surface area contributed by atoms with Crippen LogP contribution in [0, 0.1) is 0 Å². The van der Waals surface area contributed by atoms with Crippen molar-refractivity contribution in [3.8, 4) is 0 Å². The van der Waals surface area contributed by atoms with Gasteiger partial charge in [0.1, 0.15) is 5.65 Å². The topological polar surface area (TPSA) is 74.9 Å². The lowest BCUT2D eigenvalue weighted by molar-refractivity contribution is 0.164. The molecule has 0 saturated carbocycles. The van der Waals surface area contributed by atoms with Crippen LogP contribution in [0.3, 0.4) is 0 Å². The number of aromatic nitrogens is 2. The Balaban J connectivity index is 2.43. The number of hydrogen-bond acceptors (Lipinski definition) is 3.